The molecule has 0 aromatic heterocycles. The number of carbonyl (C=O) groups is 1. The average molecular weight is 176 g/mol. The zero-order chi connectivity index (χ0) is 9.23. The highest BCUT2D eigenvalue weighted by atomic mass is 16.5. The van der Waals surface area contributed by atoms with Crippen molar-refractivity contribution >= 4 is 6.03 Å². The van der Waals surface area contributed by atoms with Crippen LogP contribution in [0.5, 0.6) is 0 Å². The van der Waals surface area contributed by atoms with E-state index in [0.717, 1.165) is 0 Å². The largest absolute Gasteiger partial charge is 0.382 e. The van der Waals surface area contributed by atoms with Crippen molar-refractivity contribution in [3.63, 3.8) is 0 Å². The average Bonchev–Trinajstić information content (AvgIpc) is 2.05. The second-order valence-corrected chi connectivity index (χ2v) is 2.08. The summed E-state index contributed by atoms with van der Waals surface area (Å²) in [5, 5.41) is 5.09. The lowest BCUT2D eigenvalue weighted by molar-refractivity contribution is 0.0643. The number of rotatable bonds is 6. The predicted octanol–water partition coefficient (Wildman–Crippen LogP) is -0.0740. The van der Waals surface area contributed by atoms with Crippen LogP contribution in [-0.2, 0) is 9.47 Å². The highest BCUT2D eigenvalue weighted by Crippen LogP contribution is 1.73. The summed E-state index contributed by atoms with van der Waals surface area (Å²) in [7, 11) is 1.60. The quantitative estimate of drug-likeness (QED) is 0.440. The lowest BCUT2D eigenvalue weighted by Gasteiger charge is -2.05. The van der Waals surface area contributed by atoms with E-state index in [1.165, 1.54) is 0 Å². The number of urea groups is 1. The van der Waals surface area contributed by atoms with Crippen LogP contribution in [0.25, 0.3) is 0 Å². The van der Waals surface area contributed by atoms with Crippen molar-refractivity contribution in [1.82, 2.24) is 10.6 Å². The van der Waals surface area contributed by atoms with Gasteiger partial charge in [0, 0.05) is 13.7 Å². The minimum Gasteiger partial charge on any atom is -0.382 e. The molecule has 5 heteroatoms. The van der Waals surface area contributed by atoms with E-state index in [0.29, 0.717) is 19.8 Å². The fourth-order valence-electron chi connectivity index (χ4n) is 0.554. The molecule has 0 aromatic carbocycles. The maximum Gasteiger partial charge on any atom is 0.316 e. The number of carbonyl (C=O) groups excluding carboxylic acids is 1. The summed E-state index contributed by atoms with van der Waals surface area (Å²) in [4.78, 5) is 10.7. The molecule has 0 atom stereocenters. The van der Waals surface area contributed by atoms with Gasteiger partial charge in [0.2, 0.25) is 0 Å². The van der Waals surface area contributed by atoms with Gasteiger partial charge in [-0.1, -0.05) is 0 Å². The number of hydrogen-bond acceptors (Lipinski definition) is 3. The molecule has 5 nitrogen and oxygen atoms in total. The minimum atomic E-state index is -0.213. The molecule has 0 aliphatic heterocycles. The molecule has 0 spiro atoms. The highest BCUT2D eigenvalue weighted by Gasteiger charge is 1.94. The standard InChI is InChI=1S/C7H16N2O3/c1-3-8-7(10)9-6-12-5-4-11-2/h3-6H2,1-2H3,(H2,8,9,10). The van der Waals surface area contributed by atoms with Gasteiger partial charge in [0.25, 0.3) is 0 Å². The SMILES string of the molecule is CCNC(=O)NCOCCOC. The van der Waals surface area contributed by atoms with Crippen LogP contribution >= 0.6 is 0 Å². The molecule has 0 fully saturated rings. The molecule has 0 aliphatic carbocycles. The van der Waals surface area contributed by atoms with Crippen LogP contribution in [-0.4, -0.2) is 39.6 Å². The van der Waals surface area contributed by atoms with Crippen molar-refractivity contribution < 1.29 is 14.3 Å². The Kier molecular flexibility index (Phi) is 7.73. The van der Waals surface area contributed by atoms with Crippen molar-refractivity contribution in [1.29, 1.82) is 0 Å². The van der Waals surface area contributed by atoms with Crippen molar-refractivity contribution in [3.05, 3.63) is 0 Å². The Morgan fingerprint density at radius 3 is 2.67 bits per heavy atom. The molecule has 0 saturated carbocycles. The Balaban J connectivity index is 3.03. The summed E-state index contributed by atoms with van der Waals surface area (Å²) >= 11 is 0. The Morgan fingerprint density at radius 1 is 1.33 bits per heavy atom. The van der Waals surface area contributed by atoms with E-state index in [4.69, 9.17) is 9.47 Å². The molecule has 2 N–H and O–H groups in total. The van der Waals surface area contributed by atoms with Gasteiger partial charge in [0.1, 0.15) is 6.73 Å². The van der Waals surface area contributed by atoms with Crippen LogP contribution in [0.2, 0.25) is 0 Å². The van der Waals surface area contributed by atoms with Crippen molar-refractivity contribution in [3.8, 4) is 0 Å². The van der Waals surface area contributed by atoms with Crippen molar-refractivity contribution in [2.45, 2.75) is 6.92 Å². The molecule has 0 unspecified atom stereocenters. The van der Waals surface area contributed by atoms with Crippen LogP contribution in [0.3, 0.4) is 0 Å². The fourth-order valence-corrected chi connectivity index (χ4v) is 0.554. The van der Waals surface area contributed by atoms with Crippen LogP contribution in [0.15, 0.2) is 0 Å². The van der Waals surface area contributed by atoms with Gasteiger partial charge in [-0.25, -0.2) is 4.79 Å². The second kappa shape index (κ2) is 8.29. The summed E-state index contributed by atoms with van der Waals surface area (Å²) in [6.07, 6.45) is 0. The first-order valence-electron chi connectivity index (χ1n) is 3.89. The van der Waals surface area contributed by atoms with E-state index in [9.17, 15) is 4.79 Å². The Bertz CT molecular complexity index is 119. The molecule has 0 saturated heterocycles. The minimum absolute atomic E-state index is 0.213. The molecular weight excluding hydrogens is 160 g/mol. The van der Waals surface area contributed by atoms with E-state index < -0.39 is 0 Å². The van der Waals surface area contributed by atoms with E-state index in [1.54, 1.807) is 7.11 Å². The first-order valence-corrected chi connectivity index (χ1v) is 3.89. The van der Waals surface area contributed by atoms with Crippen LogP contribution < -0.4 is 10.6 Å². The lowest BCUT2D eigenvalue weighted by atomic mass is 10.7. The number of ether oxygens (including phenoxy) is 2. The topological polar surface area (TPSA) is 59.6 Å². The summed E-state index contributed by atoms with van der Waals surface area (Å²) in [6, 6.07) is -0.213. The van der Waals surface area contributed by atoms with E-state index in [1.807, 2.05) is 6.92 Å². The van der Waals surface area contributed by atoms with Crippen LogP contribution in [0.4, 0.5) is 4.79 Å². The fraction of sp³-hybridized carbons (Fsp3) is 0.857. The number of hydrogen-bond donors (Lipinski definition) is 2. The maximum atomic E-state index is 10.7. The maximum absolute atomic E-state index is 10.7. The van der Waals surface area contributed by atoms with E-state index in [2.05, 4.69) is 10.6 Å². The summed E-state index contributed by atoms with van der Waals surface area (Å²) in [5.74, 6) is 0. The van der Waals surface area contributed by atoms with Crippen molar-refractivity contribution in [2.24, 2.45) is 0 Å². The van der Waals surface area contributed by atoms with Gasteiger partial charge in [0.05, 0.1) is 13.2 Å². The number of amides is 2. The zero-order valence-electron chi connectivity index (χ0n) is 7.55. The second-order valence-electron chi connectivity index (χ2n) is 2.08. The van der Waals surface area contributed by atoms with Crippen LogP contribution in [0, 0.1) is 0 Å². The third kappa shape index (κ3) is 7.30. The third-order valence-electron chi connectivity index (χ3n) is 1.10. The first-order chi connectivity index (χ1) is 5.81. The molecule has 0 bridgehead atoms. The van der Waals surface area contributed by atoms with Gasteiger partial charge >= 0.3 is 6.03 Å². The Hall–Kier alpha value is -0.810. The molecule has 12 heavy (non-hydrogen) atoms. The van der Waals surface area contributed by atoms with Gasteiger partial charge < -0.3 is 20.1 Å². The van der Waals surface area contributed by atoms with E-state index >= 15 is 0 Å². The molecule has 0 radical (unpaired) electrons. The summed E-state index contributed by atoms with van der Waals surface area (Å²) < 4.78 is 9.74. The molecule has 2 amide bonds. The zero-order valence-corrected chi connectivity index (χ0v) is 7.55. The molecule has 0 aliphatic rings. The third-order valence-corrected chi connectivity index (χ3v) is 1.10. The van der Waals surface area contributed by atoms with E-state index in [-0.39, 0.29) is 12.8 Å². The monoisotopic (exact) mass is 176 g/mol. The van der Waals surface area contributed by atoms with Gasteiger partial charge in [-0.3, -0.25) is 0 Å². The van der Waals surface area contributed by atoms with Crippen LogP contribution in [0.1, 0.15) is 6.92 Å². The first kappa shape index (κ1) is 11.2. The number of nitrogens with one attached hydrogen (secondary N) is 2. The van der Waals surface area contributed by atoms with Gasteiger partial charge in [-0.05, 0) is 6.92 Å². The summed E-state index contributed by atoms with van der Waals surface area (Å²) in [5.41, 5.74) is 0. The van der Waals surface area contributed by atoms with Crippen molar-refractivity contribution in [2.75, 3.05) is 33.6 Å². The Morgan fingerprint density at radius 2 is 2.08 bits per heavy atom. The number of methoxy groups -OCH3 is 1. The smallest absolute Gasteiger partial charge is 0.316 e. The summed E-state index contributed by atoms with van der Waals surface area (Å²) in [6.45, 7) is 3.71. The van der Waals surface area contributed by atoms with Gasteiger partial charge in [-0.2, -0.15) is 0 Å². The molecule has 0 heterocycles. The predicted molar refractivity (Wildman–Crippen MR) is 44.9 cm³/mol. The molecule has 0 rings (SSSR count). The Labute approximate surface area is 72.4 Å². The van der Waals surface area contributed by atoms with Gasteiger partial charge in [-0.15, -0.1) is 0 Å². The highest BCUT2D eigenvalue weighted by molar-refractivity contribution is 5.73. The van der Waals surface area contributed by atoms with Gasteiger partial charge in [0.15, 0.2) is 0 Å². The molecule has 0 aromatic rings. The molecule has 72 valence electrons. The normalized spacial score (nSPS) is 9.50. The lowest BCUT2D eigenvalue weighted by Crippen LogP contribution is -2.36. The molecular formula is C7H16N2O3.